The highest BCUT2D eigenvalue weighted by Crippen LogP contribution is 2.23. The van der Waals surface area contributed by atoms with Gasteiger partial charge in [0, 0.05) is 11.6 Å². The normalized spacial score (nSPS) is 12.7. The van der Waals surface area contributed by atoms with Gasteiger partial charge in [-0.25, -0.2) is 4.98 Å². The monoisotopic (exact) mass is 214 g/mol. The van der Waals surface area contributed by atoms with Crippen molar-refractivity contribution >= 4 is 22.1 Å². The van der Waals surface area contributed by atoms with Crippen molar-refractivity contribution < 1.29 is 0 Å². The van der Waals surface area contributed by atoms with Crippen molar-refractivity contribution in [3.05, 3.63) is 24.5 Å². The first kappa shape index (κ1) is 9.39. The van der Waals surface area contributed by atoms with Crippen molar-refractivity contribution in [2.45, 2.75) is 26.3 Å². The maximum Gasteiger partial charge on any atom is 0.138 e. The Morgan fingerprint density at radius 1 is 1.31 bits per heavy atom. The van der Waals surface area contributed by atoms with Gasteiger partial charge in [0.25, 0.3) is 0 Å². The molecule has 0 aliphatic heterocycles. The smallest absolute Gasteiger partial charge is 0.138 e. The number of pyridine rings is 1. The predicted octanol–water partition coefficient (Wildman–Crippen LogP) is 2.67. The summed E-state index contributed by atoms with van der Waals surface area (Å²) in [5.74, 6) is 0. The summed E-state index contributed by atoms with van der Waals surface area (Å²) in [7, 11) is 0. The molecular weight excluding hydrogens is 200 g/mol. The highest BCUT2D eigenvalue weighted by atomic mass is 15.3. The summed E-state index contributed by atoms with van der Waals surface area (Å²) in [5, 5.41) is 5.53. The summed E-state index contributed by atoms with van der Waals surface area (Å²) in [6.07, 6.45) is 3.73. The first-order valence-electron chi connectivity index (χ1n) is 5.38. The van der Waals surface area contributed by atoms with Gasteiger partial charge in [0.2, 0.25) is 0 Å². The Labute approximate surface area is 93.3 Å². The highest BCUT2D eigenvalue weighted by Gasteiger charge is 2.17. The van der Waals surface area contributed by atoms with E-state index in [-0.39, 0.29) is 5.54 Å². The number of nitrogens with zero attached hydrogens (tertiary/aromatic N) is 3. The number of rotatable bonds is 0. The van der Waals surface area contributed by atoms with Crippen LogP contribution in [0.15, 0.2) is 24.5 Å². The van der Waals surface area contributed by atoms with Crippen LogP contribution >= 0.6 is 0 Å². The lowest BCUT2D eigenvalue weighted by Crippen LogP contribution is -2.22. The fourth-order valence-corrected chi connectivity index (χ4v) is 1.96. The Hall–Kier alpha value is -1.84. The molecule has 3 heterocycles. The summed E-state index contributed by atoms with van der Waals surface area (Å²) in [5.41, 5.74) is 2.92. The predicted molar refractivity (Wildman–Crippen MR) is 64.4 cm³/mol. The molecule has 0 bridgehead atoms. The lowest BCUT2D eigenvalue weighted by Gasteiger charge is -2.20. The molecule has 0 amide bonds. The Bertz CT molecular complexity index is 654. The molecule has 3 rings (SSSR count). The van der Waals surface area contributed by atoms with Gasteiger partial charge in [0.05, 0.1) is 17.3 Å². The van der Waals surface area contributed by atoms with Crippen molar-refractivity contribution in [3.8, 4) is 0 Å². The maximum atomic E-state index is 4.53. The summed E-state index contributed by atoms with van der Waals surface area (Å²) in [6.45, 7) is 6.42. The second kappa shape index (κ2) is 2.84. The van der Waals surface area contributed by atoms with Crippen LogP contribution in [-0.2, 0) is 5.54 Å². The molecule has 82 valence electrons. The van der Waals surface area contributed by atoms with Crippen molar-refractivity contribution in [2.75, 3.05) is 0 Å². The molecule has 0 unspecified atom stereocenters. The minimum absolute atomic E-state index is 0.0204. The largest absolute Gasteiger partial charge is 0.346 e. The lowest BCUT2D eigenvalue weighted by atomic mass is 10.1. The molecule has 0 aromatic carbocycles. The molecule has 0 aliphatic carbocycles. The van der Waals surface area contributed by atoms with Gasteiger partial charge in [0.15, 0.2) is 0 Å². The van der Waals surface area contributed by atoms with E-state index in [2.05, 4.69) is 41.9 Å². The van der Waals surface area contributed by atoms with Crippen LogP contribution in [0.1, 0.15) is 20.8 Å². The van der Waals surface area contributed by atoms with E-state index in [0.29, 0.717) is 0 Å². The van der Waals surface area contributed by atoms with E-state index < -0.39 is 0 Å². The fraction of sp³-hybridized carbons (Fsp3) is 0.333. The third-order valence-corrected chi connectivity index (χ3v) is 2.70. The quantitative estimate of drug-likeness (QED) is 0.625. The summed E-state index contributed by atoms with van der Waals surface area (Å²) in [6, 6.07) is 4.16. The van der Waals surface area contributed by atoms with E-state index in [9.17, 15) is 0 Å². The molecular formula is C12H14N4. The Morgan fingerprint density at radius 3 is 2.88 bits per heavy atom. The van der Waals surface area contributed by atoms with Crippen molar-refractivity contribution in [1.82, 2.24) is 19.7 Å². The van der Waals surface area contributed by atoms with Crippen LogP contribution in [0.4, 0.5) is 0 Å². The molecule has 0 fully saturated rings. The first-order chi connectivity index (χ1) is 7.55. The van der Waals surface area contributed by atoms with Gasteiger partial charge < -0.3 is 4.98 Å². The Balaban J connectivity index is 2.40. The van der Waals surface area contributed by atoms with Gasteiger partial charge in [-0.3, -0.25) is 4.68 Å². The highest BCUT2D eigenvalue weighted by molar-refractivity contribution is 5.89. The number of hydrogen-bond donors (Lipinski definition) is 1. The molecule has 16 heavy (non-hydrogen) atoms. The van der Waals surface area contributed by atoms with Crippen LogP contribution in [0.3, 0.4) is 0 Å². The van der Waals surface area contributed by atoms with Gasteiger partial charge in [-0.1, -0.05) is 0 Å². The van der Waals surface area contributed by atoms with E-state index in [1.54, 1.807) is 0 Å². The second-order valence-corrected chi connectivity index (χ2v) is 5.04. The molecule has 4 heteroatoms. The average molecular weight is 214 g/mol. The molecule has 3 aromatic heterocycles. The van der Waals surface area contributed by atoms with Crippen LogP contribution < -0.4 is 0 Å². The topological polar surface area (TPSA) is 46.5 Å². The van der Waals surface area contributed by atoms with E-state index in [1.165, 1.54) is 0 Å². The fourth-order valence-electron chi connectivity index (χ4n) is 1.96. The van der Waals surface area contributed by atoms with Crippen LogP contribution in [0, 0.1) is 0 Å². The molecule has 0 atom stereocenters. The zero-order valence-electron chi connectivity index (χ0n) is 9.65. The number of aromatic amines is 1. The molecule has 0 spiro atoms. The van der Waals surface area contributed by atoms with Crippen LogP contribution in [0.2, 0.25) is 0 Å². The van der Waals surface area contributed by atoms with Gasteiger partial charge >= 0.3 is 0 Å². The van der Waals surface area contributed by atoms with E-state index in [4.69, 9.17) is 0 Å². The Morgan fingerprint density at radius 2 is 2.12 bits per heavy atom. The van der Waals surface area contributed by atoms with E-state index in [0.717, 1.165) is 22.1 Å². The molecule has 0 saturated heterocycles. The van der Waals surface area contributed by atoms with Crippen molar-refractivity contribution in [3.63, 3.8) is 0 Å². The standard InChI is InChI=1S/C12H14N4/c1-12(2,3)16-10-6-8-4-5-13-11(8)15-9(10)7-14-16/h4-7H,1-3H3,(H,13,15). The van der Waals surface area contributed by atoms with Gasteiger partial charge in [-0.15, -0.1) is 0 Å². The Kier molecular flexibility index (Phi) is 1.67. The van der Waals surface area contributed by atoms with E-state index >= 15 is 0 Å². The summed E-state index contributed by atoms with van der Waals surface area (Å²) >= 11 is 0. The number of hydrogen-bond acceptors (Lipinski definition) is 2. The maximum absolute atomic E-state index is 4.53. The van der Waals surface area contributed by atoms with Gasteiger partial charge in [-0.2, -0.15) is 5.10 Å². The van der Waals surface area contributed by atoms with Crippen molar-refractivity contribution in [2.24, 2.45) is 0 Å². The minimum atomic E-state index is -0.0204. The zero-order valence-corrected chi connectivity index (χ0v) is 9.65. The molecule has 0 radical (unpaired) electrons. The lowest BCUT2D eigenvalue weighted by molar-refractivity contribution is 0.368. The molecule has 3 aromatic rings. The van der Waals surface area contributed by atoms with Gasteiger partial charge in [-0.05, 0) is 32.9 Å². The number of fused-ring (bicyclic) bond motifs is 2. The molecule has 4 nitrogen and oxygen atoms in total. The van der Waals surface area contributed by atoms with Crippen molar-refractivity contribution in [1.29, 1.82) is 0 Å². The minimum Gasteiger partial charge on any atom is -0.346 e. The summed E-state index contributed by atoms with van der Waals surface area (Å²) in [4.78, 5) is 7.64. The first-order valence-corrected chi connectivity index (χ1v) is 5.38. The van der Waals surface area contributed by atoms with Crippen LogP contribution in [0.5, 0.6) is 0 Å². The third kappa shape index (κ3) is 1.23. The molecule has 0 aliphatic rings. The van der Waals surface area contributed by atoms with Crippen LogP contribution in [0.25, 0.3) is 22.1 Å². The van der Waals surface area contributed by atoms with Crippen LogP contribution in [-0.4, -0.2) is 19.7 Å². The number of aromatic nitrogens is 4. The average Bonchev–Trinajstić information content (AvgIpc) is 2.76. The summed E-state index contributed by atoms with van der Waals surface area (Å²) < 4.78 is 2.02. The van der Waals surface area contributed by atoms with Gasteiger partial charge in [0.1, 0.15) is 11.2 Å². The molecule has 1 N–H and O–H groups in total. The number of nitrogens with one attached hydrogen (secondary N) is 1. The third-order valence-electron chi connectivity index (χ3n) is 2.70. The molecule has 0 saturated carbocycles. The van der Waals surface area contributed by atoms with E-state index in [1.807, 2.05) is 23.1 Å². The zero-order chi connectivity index (χ0) is 11.3. The second-order valence-electron chi connectivity index (χ2n) is 5.04. The SMILES string of the molecule is CC(C)(C)n1ncc2nc3[nH]ccc3cc21. The number of H-pyrrole nitrogens is 1.